The summed E-state index contributed by atoms with van der Waals surface area (Å²) in [5.74, 6) is -0.273. The number of rotatable bonds is 6. The quantitative estimate of drug-likeness (QED) is 0.808. The number of sulfonamides is 1. The minimum Gasteiger partial charge on any atom is -0.376 e. The van der Waals surface area contributed by atoms with Crippen molar-refractivity contribution < 1.29 is 17.9 Å². The van der Waals surface area contributed by atoms with Crippen LogP contribution in [0.3, 0.4) is 0 Å². The van der Waals surface area contributed by atoms with Crippen LogP contribution in [0.15, 0.2) is 29.2 Å². The Morgan fingerprint density at radius 1 is 1.12 bits per heavy atom. The fourth-order valence-electron chi connectivity index (χ4n) is 3.43. The fraction of sp³-hybridized carbons (Fsp3) is 0.611. The van der Waals surface area contributed by atoms with Crippen molar-refractivity contribution in [2.45, 2.75) is 62.0 Å². The van der Waals surface area contributed by atoms with Crippen LogP contribution in [0.5, 0.6) is 0 Å². The summed E-state index contributed by atoms with van der Waals surface area (Å²) in [6.07, 6.45) is 7.04. The van der Waals surface area contributed by atoms with Gasteiger partial charge in [-0.3, -0.25) is 4.79 Å². The van der Waals surface area contributed by atoms with Gasteiger partial charge in [0.1, 0.15) is 0 Å². The van der Waals surface area contributed by atoms with E-state index in [9.17, 15) is 13.2 Å². The molecule has 1 unspecified atom stereocenters. The van der Waals surface area contributed by atoms with Crippen LogP contribution in [-0.4, -0.2) is 39.6 Å². The maximum absolute atomic E-state index is 12.6. The maximum Gasteiger partial charge on any atom is 0.251 e. The van der Waals surface area contributed by atoms with Gasteiger partial charge in [-0.2, -0.15) is 0 Å². The van der Waals surface area contributed by atoms with Gasteiger partial charge in [0.05, 0.1) is 11.0 Å². The Morgan fingerprint density at radius 2 is 1.92 bits per heavy atom. The van der Waals surface area contributed by atoms with Crippen LogP contribution >= 0.6 is 0 Å². The molecule has 0 aromatic heterocycles. The monoisotopic (exact) mass is 366 g/mol. The topological polar surface area (TPSA) is 84.5 Å². The van der Waals surface area contributed by atoms with Gasteiger partial charge in [-0.1, -0.05) is 25.3 Å². The number of carbonyl (C=O) groups excluding carboxylic acids is 1. The molecular formula is C18H26N2O4S. The van der Waals surface area contributed by atoms with E-state index < -0.39 is 10.0 Å². The second-order valence-electron chi connectivity index (χ2n) is 6.83. The number of amides is 1. The Kier molecular flexibility index (Phi) is 6.09. The van der Waals surface area contributed by atoms with Gasteiger partial charge in [-0.15, -0.1) is 0 Å². The molecule has 1 heterocycles. The average Bonchev–Trinajstić information content (AvgIpc) is 3.14. The highest BCUT2D eigenvalue weighted by Gasteiger charge is 2.23. The Balaban J connectivity index is 1.63. The number of hydrogen-bond acceptors (Lipinski definition) is 4. The minimum absolute atomic E-state index is 0.00394. The molecule has 1 aliphatic carbocycles. The molecule has 1 amide bonds. The Bertz CT molecular complexity index is 693. The van der Waals surface area contributed by atoms with Crippen LogP contribution < -0.4 is 10.0 Å². The van der Waals surface area contributed by atoms with Crippen LogP contribution in [0.2, 0.25) is 0 Å². The third-order valence-electron chi connectivity index (χ3n) is 4.85. The average molecular weight is 366 g/mol. The van der Waals surface area contributed by atoms with Crippen molar-refractivity contribution in [1.29, 1.82) is 0 Å². The molecular weight excluding hydrogens is 340 g/mol. The molecule has 3 rings (SSSR count). The Labute approximate surface area is 149 Å². The first-order valence-electron chi connectivity index (χ1n) is 9.07. The summed E-state index contributed by atoms with van der Waals surface area (Å²) < 4.78 is 33.4. The largest absolute Gasteiger partial charge is 0.376 e. The van der Waals surface area contributed by atoms with Crippen molar-refractivity contribution in [2.75, 3.05) is 13.2 Å². The van der Waals surface area contributed by atoms with Crippen molar-refractivity contribution in [3.63, 3.8) is 0 Å². The van der Waals surface area contributed by atoms with Crippen molar-refractivity contribution in [3.05, 3.63) is 29.8 Å². The molecule has 2 fully saturated rings. The van der Waals surface area contributed by atoms with Crippen LogP contribution in [-0.2, 0) is 14.8 Å². The van der Waals surface area contributed by atoms with Gasteiger partial charge in [0.2, 0.25) is 10.0 Å². The van der Waals surface area contributed by atoms with Crippen LogP contribution in [0.25, 0.3) is 0 Å². The van der Waals surface area contributed by atoms with Crippen LogP contribution in [0.4, 0.5) is 0 Å². The lowest BCUT2D eigenvalue weighted by molar-refractivity contribution is 0.0857. The summed E-state index contributed by atoms with van der Waals surface area (Å²) in [7, 11) is -3.60. The van der Waals surface area contributed by atoms with Crippen molar-refractivity contribution >= 4 is 15.9 Å². The smallest absolute Gasteiger partial charge is 0.251 e. The van der Waals surface area contributed by atoms with Crippen LogP contribution in [0, 0.1) is 0 Å². The molecule has 6 nitrogen and oxygen atoms in total. The minimum atomic E-state index is -3.60. The van der Waals surface area contributed by atoms with Gasteiger partial charge in [-0.05, 0) is 43.9 Å². The Hall–Kier alpha value is -1.44. The third kappa shape index (κ3) is 5.03. The van der Waals surface area contributed by atoms with Gasteiger partial charge in [-0.25, -0.2) is 13.1 Å². The van der Waals surface area contributed by atoms with E-state index in [1.54, 1.807) is 12.1 Å². The molecule has 7 heteroatoms. The number of carbonyl (C=O) groups is 1. The lowest BCUT2D eigenvalue weighted by Crippen LogP contribution is -2.36. The van der Waals surface area contributed by atoms with E-state index >= 15 is 0 Å². The molecule has 1 atom stereocenters. The molecule has 2 aliphatic rings. The molecule has 1 saturated carbocycles. The fourth-order valence-corrected chi connectivity index (χ4v) is 4.78. The standard InChI is InChI=1S/C18H26N2O4S/c21-18(19-13-16-9-5-11-24-16)14-6-4-10-17(12-14)25(22,23)20-15-7-2-1-3-8-15/h4,6,10,12,15-16,20H,1-3,5,7-9,11,13H2,(H,19,21). The lowest BCUT2D eigenvalue weighted by atomic mass is 9.96. The zero-order chi connectivity index (χ0) is 17.7. The molecule has 25 heavy (non-hydrogen) atoms. The molecule has 0 bridgehead atoms. The molecule has 1 aromatic rings. The summed E-state index contributed by atoms with van der Waals surface area (Å²) in [5, 5.41) is 2.82. The van der Waals surface area contributed by atoms with E-state index in [1.807, 2.05) is 0 Å². The molecule has 1 aliphatic heterocycles. The van der Waals surface area contributed by atoms with E-state index in [4.69, 9.17) is 4.74 Å². The normalized spacial score (nSPS) is 22.0. The first kappa shape index (κ1) is 18.4. The molecule has 1 saturated heterocycles. The molecule has 2 N–H and O–H groups in total. The Morgan fingerprint density at radius 3 is 2.64 bits per heavy atom. The molecule has 1 aromatic carbocycles. The van der Waals surface area contributed by atoms with E-state index in [0.29, 0.717) is 12.1 Å². The van der Waals surface area contributed by atoms with Crippen molar-refractivity contribution in [1.82, 2.24) is 10.0 Å². The van der Waals surface area contributed by atoms with Crippen molar-refractivity contribution in [2.24, 2.45) is 0 Å². The van der Waals surface area contributed by atoms with E-state index in [1.165, 1.54) is 18.6 Å². The van der Waals surface area contributed by atoms with Crippen molar-refractivity contribution in [3.8, 4) is 0 Å². The predicted molar refractivity (Wildman–Crippen MR) is 94.9 cm³/mol. The SMILES string of the molecule is O=C(NCC1CCCO1)c1cccc(S(=O)(=O)NC2CCCCC2)c1. The summed E-state index contributed by atoms with van der Waals surface area (Å²) in [6, 6.07) is 6.20. The number of ether oxygens (including phenoxy) is 1. The summed E-state index contributed by atoms with van der Waals surface area (Å²) in [4.78, 5) is 12.4. The van der Waals surface area contributed by atoms with E-state index in [-0.39, 0.29) is 22.9 Å². The van der Waals surface area contributed by atoms with Gasteiger partial charge in [0.25, 0.3) is 5.91 Å². The van der Waals surface area contributed by atoms with Gasteiger partial charge < -0.3 is 10.1 Å². The summed E-state index contributed by atoms with van der Waals surface area (Å²) >= 11 is 0. The highest BCUT2D eigenvalue weighted by atomic mass is 32.2. The van der Waals surface area contributed by atoms with Gasteiger partial charge in [0.15, 0.2) is 0 Å². The predicted octanol–water partition coefficient (Wildman–Crippen LogP) is 2.21. The number of nitrogens with one attached hydrogen (secondary N) is 2. The summed E-state index contributed by atoms with van der Waals surface area (Å²) in [6.45, 7) is 1.19. The maximum atomic E-state index is 12.6. The molecule has 138 valence electrons. The van der Waals surface area contributed by atoms with Gasteiger partial charge in [0, 0.05) is 24.8 Å². The molecule has 0 spiro atoms. The first-order valence-corrected chi connectivity index (χ1v) is 10.5. The highest BCUT2D eigenvalue weighted by molar-refractivity contribution is 7.89. The number of benzene rings is 1. The van der Waals surface area contributed by atoms with Gasteiger partial charge >= 0.3 is 0 Å². The van der Waals surface area contributed by atoms with Crippen LogP contribution in [0.1, 0.15) is 55.3 Å². The molecule has 0 radical (unpaired) electrons. The van der Waals surface area contributed by atoms with E-state index in [0.717, 1.165) is 45.1 Å². The second kappa shape index (κ2) is 8.29. The van der Waals surface area contributed by atoms with E-state index in [2.05, 4.69) is 10.0 Å². The first-order chi connectivity index (χ1) is 12.0. The summed E-state index contributed by atoms with van der Waals surface area (Å²) in [5.41, 5.74) is 0.351. The number of hydrogen-bond donors (Lipinski definition) is 2. The highest BCUT2D eigenvalue weighted by Crippen LogP contribution is 2.20. The zero-order valence-electron chi connectivity index (χ0n) is 14.4. The third-order valence-corrected chi connectivity index (χ3v) is 6.37. The lowest BCUT2D eigenvalue weighted by Gasteiger charge is -2.22. The second-order valence-corrected chi connectivity index (χ2v) is 8.54. The zero-order valence-corrected chi connectivity index (χ0v) is 15.2.